The van der Waals surface area contributed by atoms with Gasteiger partial charge < -0.3 is 14.8 Å². The zero-order valence-corrected chi connectivity index (χ0v) is 10.5. The van der Waals surface area contributed by atoms with E-state index in [0.717, 1.165) is 10.6 Å². The van der Waals surface area contributed by atoms with Gasteiger partial charge in [0, 0.05) is 7.05 Å². The Balaban J connectivity index is 1.93. The normalized spacial score (nSPS) is 13.3. The lowest BCUT2D eigenvalue weighted by atomic mass is 10.2. The van der Waals surface area contributed by atoms with E-state index in [9.17, 15) is 9.59 Å². The summed E-state index contributed by atoms with van der Waals surface area (Å²) in [6.45, 7) is 0.190. The van der Waals surface area contributed by atoms with E-state index in [1.54, 1.807) is 12.1 Å². The number of ether oxygens (including phenoxy) is 2. The first-order valence-electron chi connectivity index (χ1n) is 5.71. The van der Waals surface area contributed by atoms with Gasteiger partial charge in [0.25, 0.3) is 11.8 Å². The second-order valence-electron chi connectivity index (χ2n) is 4.16. The molecule has 1 aromatic rings. The predicted molar refractivity (Wildman–Crippen MR) is 67.2 cm³/mol. The van der Waals surface area contributed by atoms with Crippen LogP contribution in [0.25, 0.3) is 0 Å². The summed E-state index contributed by atoms with van der Waals surface area (Å²) in [5.41, 5.74) is 1.44. The van der Waals surface area contributed by atoms with Gasteiger partial charge in [-0.15, -0.1) is 0 Å². The van der Waals surface area contributed by atoms with Gasteiger partial charge in [0.05, 0.1) is 12.3 Å². The molecule has 3 N–H and O–H groups in total. The van der Waals surface area contributed by atoms with Crippen LogP contribution >= 0.6 is 0 Å². The van der Waals surface area contributed by atoms with E-state index in [2.05, 4.69) is 5.32 Å². The third-order valence-electron chi connectivity index (χ3n) is 2.56. The smallest absolute Gasteiger partial charge is 0.262 e. The van der Waals surface area contributed by atoms with Crippen molar-refractivity contribution in [2.24, 2.45) is 5.84 Å². The second kappa shape index (κ2) is 5.68. The monoisotopic (exact) mass is 265 g/mol. The molecule has 0 aromatic heterocycles. The van der Waals surface area contributed by atoms with E-state index >= 15 is 0 Å². The molecule has 0 saturated heterocycles. The summed E-state index contributed by atoms with van der Waals surface area (Å²) in [6.07, 6.45) is 0. The SMILES string of the molecule is CN(N)C(=O)COCc1ccc2c(c1)NC(=O)CO2. The molecule has 2 rings (SSSR count). The summed E-state index contributed by atoms with van der Waals surface area (Å²) >= 11 is 0. The lowest BCUT2D eigenvalue weighted by molar-refractivity contribution is -0.135. The second-order valence-corrected chi connectivity index (χ2v) is 4.16. The highest BCUT2D eigenvalue weighted by Gasteiger charge is 2.15. The lowest BCUT2D eigenvalue weighted by Gasteiger charge is -2.18. The average Bonchev–Trinajstić information content (AvgIpc) is 2.38. The molecule has 0 bridgehead atoms. The summed E-state index contributed by atoms with van der Waals surface area (Å²) in [4.78, 5) is 22.4. The van der Waals surface area contributed by atoms with Gasteiger partial charge in [-0.1, -0.05) is 6.07 Å². The number of anilines is 1. The van der Waals surface area contributed by atoms with Crippen LogP contribution in [0.15, 0.2) is 18.2 Å². The Kier molecular flexibility index (Phi) is 3.98. The maximum atomic E-state index is 11.2. The van der Waals surface area contributed by atoms with Crippen molar-refractivity contribution in [2.45, 2.75) is 6.61 Å². The lowest BCUT2D eigenvalue weighted by Crippen LogP contribution is -2.35. The molecule has 0 spiro atoms. The van der Waals surface area contributed by atoms with Gasteiger partial charge >= 0.3 is 0 Å². The van der Waals surface area contributed by atoms with Gasteiger partial charge in [-0.3, -0.25) is 14.6 Å². The maximum absolute atomic E-state index is 11.2. The van der Waals surface area contributed by atoms with Crippen molar-refractivity contribution in [3.63, 3.8) is 0 Å². The molecule has 2 amide bonds. The van der Waals surface area contributed by atoms with Gasteiger partial charge in [0.15, 0.2) is 6.61 Å². The number of benzene rings is 1. The number of fused-ring (bicyclic) bond motifs is 1. The van der Waals surface area contributed by atoms with Crippen LogP contribution in [-0.4, -0.2) is 37.1 Å². The molecule has 102 valence electrons. The van der Waals surface area contributed by atoms with Gasteiger partial charge in [-0.05, 0) is 17.7 Å². The fourth-order valence-electron chi connectivity index (χ4n) is 1.58. The third kappa shape index (κ3) is 3.43. The Morgan fingerprint density at radius 3 is 3.11 bits per heavy atom. The number of likely N-dealkylation sites (N-methyl/N-ethyl adjacent to an activating group) is 1. The van der Waals surface area contributed by atoms with Crippen LogP contribution in [0, 0.1) is 0 Å². The highest BCUT2D eigenvalue weighted by Crippen LogP contribution is 2.28. The fraction of sp³-hybridized carbons (Fsp3) is 0.333. The average molecular weight is 265 g/mol. The number of nitrogens with one attached hydrogen (secondary N) is 1. The quantitative estimate of drug-likeness (QED) is 0.449. The molecule has 0 radical (unpaired) electrons. The molecule has 7 heteroatoms. The fourth-order valence-corrected chi connectivity index (χ4v) is 1.58. The number of nitrogens with zero attached hydrogens (tertiary/aromatic N) is 1. The van der Waals surface area contributed by atoms with Crippen molar-refractivity contribution in [3.05, 3.63) is 23.8 Å². The molecular weight excluding hydrogens is 250 g/mol. The van der Waals surface area contributed by atoms with Gasteiger partial charge in [-0.25, -0.2) is 5.84 Å². The van der Waals surface area contributed by atoms with Gasteiger partial charge in [0.2, 0.25) is 0 Å². The minimum absolute atomic E-state index is 0.0280. The first-order valence-corrected chi connectivity index (χ1v) is 5.71. The number of hydrogen-bond donors (Lipinski definition) is 2. The van der Waals surface area contributed by atoms with Crippen molar-refractivity contribution in [1.29, 1.82) is 0 Å². The Labute approximate surface area is 110 Å². The van der Waals surface area contributed by atoms with E-state index in [-0.39, 0.29) is 31.6 Å². The van der Waals surface area contributed by atoms with Crippen LogP contribution in [0.1, 0.15) is 5.56 Å². The van der Waals surface area contributed by atoms with E-state index in [4.69, 9.17) is 15.3 Å². The molecule has 0 atom stereocenters. The van der Waals surface area contributed by atoms with Crippen molar-refractivity contribution in [2.75, 3.05) is 25.6 Å². The van der Waals surface area contributed by atoms with Crippen LogP contribution in [0.4, 0.5) is 5.69 Å². The number of carbonyl (C=O) groups excluding carboxylic acids is 2. The van der Waals surface area contributed by atoms with Crippen LogP contribution in [0.2, 0.25) is 0 Å². The standard InChI is InChI=1S/C12H15N3O4/c1-15(13)12(17)7-18-5-8-2-3-10-9(4-8)14-11(16)6-19-10/h2-4H,5-7,13H2,1H3,(H,14,16). The summed E-state index contributed by atoms with van der Waals surface area (Å²) in [6, 6.07) is 5.32. The number of nitrogens with two attached hydrogens (primary N) is 1. The molecule has 1 heterocycles. The summed E-state index contributed by atoms with van der Waals surface area (Å²) in [7, 11) is 1.46. The number of carbonyl (C=O) groups is 2. The number of hydrogen-bond acceptors (Lipinski definition) is 5. The molecular formula is C12H15N3O4. The summed E-state index contributed by atoms with van der Waals surface area (Å²) < 4.78 is 10.5. The molecule has 0 unspecified atom stereocenters. The summed E-state index contributed by atoms with van der Waals surface area (Å²) in [5.74, 6) is 5.39. The number of amides is 2. The zero-order valence-electron chi connectivity index (χ0n) is 10.5. The molecule has 7 nitrogen and oxygen atoms in total. The Morgan fingerprint density at radius 1 is 1.58 bits per heavy atom. The largest absolute Gasteiger partial charge is 0.482 e. The minimum atomic E-state index is -0.311. The first kappa shape index (κ1) is 13.3. The maximum Gasteiger partial charge on any atom is 0.262 e. The van der Waals surface area contributed by atoms with Crippen LogP contribution in [0.5, 0.6) is 5.75 Å². The van der Waals surface area contributed by atoms with Gasteiger partial charge in [-0.2, -0.15) is 0 Å². The Hall–Kier alpha value is -2.12. The van der Waals surface area contributed by atoms with Crippen molar-refractivity contribution >= 4 is 17.5 Å². The van der Waals surface area contributed by atoms with Crippen molar-refractivity contribution in [1.82, 2.24) is 5.01 Å². The number of rotatable bonds is 4. The Morgan fingerprint density at radius 2 is 2.37 bits per heavy atom. The summed E-state index contributed by atoms with van der Waals surface area (Å²) in [5, 5.41) is 3.68. The molecule has 1 aliphatic rings. The predicted octanol–water partition coefficient (Wildman–Crippen LogP) is -0.134. The Bertz CT molecular complexity index is 502. The van der Waals surface area contributed by atoms with Crippen molar-refractivity contribution in [3.8, 4) is 5.75 Å². The highest BCUT2D eigenvalue weighted by molar-refractivity contribution is 5.95. The molecule has 1 aliphatic heterocycles. The molecule has 0 saturated carbocycles. The molecule has 0 fully saturated rings. The van der Waals surface area contributed by atoms with Gasteiger partial charge in [0.1, 0.15) is 12.4 Å². The first-order chi connectivity index (χ1) is 9.06. The zero-order chi connectivity index (χ0) is 13.8. The molecule has 19 heavy (non-hydrogen) atoms. The van der Waals surface area contributed by atoms with Crippen LogP contribution < -0.4 is 15.9 Å². The van der Waals surface area contributed by atoms with Crippen LogP contribution in [0.3, 0.4) is 0 Å². The topological polar surface area (TPSA) is 93.9 Å². The minimum Gasteiger partial charge on any atom is -0.482 e. The van der Waals surface area contributed by atoms with Crippen LogP contribution in [-0.2, 0) is 20.9 Å². The van der Waals surface area contributed by atoms with E-state index in [0.29, 0.717) is 11.4 Å². The molecule has 1 aromatic carbocycles. The third-order valence-corrected chi connectivity index (χ3v) is 2.56. The molecule has 0 aliphatic carbocycles. The number of hydrazine groups is 1. The van der Waals surface area contributed by atoms with Crippen molar-refractivity contribution < 1.29 is 19.1 Å². The van der Waals surface area contributed by atoms with E-state index < -0.39 is 0 Å². The van der Waals surface area contributed by atoms with E-state index in [1.165, 1.54) is 7.05 Å². The van der Waals surface area contributed by atoms with E-state index in [1.807, 2.05) is 6.07 Å². The highest BCUT2D eigenvalue weighted by atomic mass is 16.5.